The van der Waals surface area contributed by atoms with Crippen molar-refractivity contribution in [1.82, 2.24) is 15.1 Å². The van der Waals surface area contributed by atoms with E-state index < -0.39 is 0 Å². The van der Waals surface area contributed by atoms with Crippen molar-refractivity contribution in [2.45, 2.75) is 32.7 Å². The molecule has 0 saturated carbocycles. The third kappa shape index (κ3) is 2.31. The molecule has 0 unspecified atom stereocenters. The average Bonchev–Trinajstić information content (AvgIpc) is 3.01. The molecule has 0 N–H and O–H groups in total. The van der Waals surface area contributed by atoms with E-state index in [-0.39, 0.29) is 0 Å². The Morgan fingerprint density at radius 3 is 2.83 bits per heavy atom. The summed E-state index contributed by atoms with van der Waals surface area (Å²) in [5.41, 5.74) is 0. The highest BCUT2D eigenvalue weighted by atomic mass is 16.4. The van der Waals surface area contributed by atoms with Crippen LogP contribution in [-0.4, -0.2) is 28.2 Å². The minimum atomic E-state index is 0.363. The van der Waals surface area contributed by atoms with Crippen molar-refractivity contribution in [2.24, 2.45) is 0 Å². The smallest absolute Gasteiger partial charge is 0.220 e. The number of hydrogen-bond acceptors (Lipinski definition) is 5. The molecule has 0 spiro atoms. The number of furan rings is 1. The van der Waals surface area contributed by atoms with Crippen LogP contribution in [0.4, 0.5) is 0 Å². The van der Waals surface area contributed by atoms with Crippen molar-refractivity contribution >= 4 is 0 Å². The van der Waals surface area contributed by atoms with Gasteiger partial charge in [-0.05, 0) is 32.0 Å². The highest BCUT2D eigenvalue weighted by Crippen LogP contribution is 2.27. The molecule has 0 amide bonds. The highest BCUT2D eigenvalue weighted by Gasteiger charge is 2.28. The summed E-state index contributed by atoms with van der Waals surface area (Å²) in [7, 11) is 0. The van der Waals surface area contributed by atoms with E-state index in [1.54, 1.807) is 0 Å². The van der Waals surface area contributed by atoms with Crippen LogP contribution < -0.4 is 0 Å². The van der Waals surface area contributed by atoms with Crippen LogP contribution in [0.2, 0.25) is 0 Å². The van der Waals surface area contributed by atoms with Gasteiger partial charge in [-0.15, -0.1) is 10.2 Å². The van der Waals surface area contributed by atoms with Gasteiger partial charge >= 0.3 is 0 Å². The maximum absolute atomic E-state index is 5.60. The first-order valence-corrected chi connectivity index (χ1v) is 6.28. The van der Waals surface area contributed by atoms with Crippen LogP contribution in [0, 0.1) is 13.8 Å². The summed E-state index contributed by atoms with van der Waals surface area (Å²) in [4.78, 5) is 2.36. The van der Waals surface area contributed by atoms with Crippen molar-refractivity contribution in [3.8, 4) is 0 Å². The molecule has 3 heterocycles. The molecule has 1 atom stereocenters. The Hall–Kier alpha value is -1.62. The van der Waals surface area contributed by atoms with Gasteiger partial charge in [0.1, 0.15) is 11.5 Å². The standard InChI is InChI=1S/C13H17N3O2/c1-9-3-4-12(17-9)8-16-6-5-11(7-16)13-15-14-10(2)18-13/h3-4,11H,5-8H2,1-2H3/t11-/m0/s1. The number of nitrogens with zero attached hydrogens (tertiary/aromatic N) is 3. The molecule has 0 aliphatic carbocycles. The van der Waals surface area contributed by atoms with Crippen LogP contribution in [0.25, 0.3) is 0 Å². The monoisotopic (exact) mass is 247 g/mol. The molecule has 0 bridgehead atoms. The topological polar surface area (TPSA) is 55.3 Å². The third-order valence-electron chi connectivity index (χ3n) is 3.34. The molecule has 1 aliphatic heterocycles. The van der Waals surface area contributed by atoms with E-state index in [0.29, 0.717) is 11.8 Å². The third-order valence-corrected chi connectivity index (χ3v) is 3.34. The highest BCUT2D eigenvalue weighted by molar-refractivity contribution is 5.06. The van der Waals surface area contributed by atoms with Crippen LogP contribution in [0.1, 0.15) is 35.6 Å². The Balaban J connectivity index is 1.61. The molecule has 1 fully saturated rings. The van der Waals surface area contributed by atoms with Gasteiger partial charge in [0.05, 0.1) is 12.5 Å². The quantitative estimate of drug-likeness (QED) is 0.832. The molecule has 96 valence electrons. The van der Waals surface area contributed by atoms with Crippen molar-refractivity contribution in [3.63, 3.8) is 0 Å². The minimum Gasteiger partial charge on any atom is -0.465 e. The van der Waals surface area contributed by atoms with Gasteiger partial charge in [0, 0.05) is 13.5 Å². The van der Waals surface area contributed by atoms with Crippen molar-refractivity contribution in [3.05, 3.63) is 35.4 Å². The Kier molecular flexibility index (Phi) is 2.91. The first kappa shape index (κ1) is 11.5. The Bertz CT molecular complexity index is 532. The summed E-state index contributed by atoms with van der Waals surface area (Å²) in [5, 5.41) is 8.00. The lowest BCUT2D eigenvalue weighted by Crippen LogP contribution is -2.19. The summed E-state index contributed by atoms with van der Waals surface area (Å²) in [6, 6.07) is 4.05. The molecule has 0 aromatic carbocycles. The zero-order valence-electron chi connectivity index (χ0n) is 10.7. The lowest BCUT2D eigenvalue weighted by atomic mass is 10.1. The van der Waals surface area contributed by atoms with E-state index in [2.05, 4.69) is 15.1 Å². The van der Waals surface area contributed by atoms with Crippen LogP contribution in [0.3, 0.4) is 0 Å². The fourth-order valence-corrected chi connectivity index (χ4v) is 2.45. The SMILES string of the molecule is Cc1ccc(CN2CC[C@H](c3nnc(C)o3)C2)o1. The second-order valence-electron chi connectivity index (χ2n) is 4.89. The van der Waals surface area contributed by atoms with Crippen molar-refractivity contribution in [1.29, 1.82) is 0 Å². The van der Waals surface area contributed by atoms with Crippen molar-refractivity contribution < 1.29 is 8.83 Å². The van der Waals surface area contributed by atoms with Crippen LogP contribution in [0.15, 0.2) is 21.0 Å². The first-order chi connectivity index (χ1) is 8.70. The van der Waals surface area contributed by atoms with Crippen molar-refractivity contribution in [2.75, 3.05) is 13.1 Å². The molecule has 0 radical (unpaired) electrons. The van der Waals surface area contributed by atoms with E-state index in [0.717, 1.165) is 43.5 Å². The maximum Gasteiger partial charge on any atom is 0.220 e. The Labute approximate surface area is 106 Å². The number of likely N-dealkylation sites (tertiary alicyclic amines) is 1. The fourth-order valence-electron chi connectivity index (χ4n) is 2.45. The van der Waals surface area contributed by atoms with E-state index >= 15 is 0 Å². The number of aromatic nitrogens is 2. The summed E-state index contributed by atoms with van der Waals surface area (Å²) < 4.78 is 11.1. The maximum atomic E-state index is 5.60. The van der Waals surface area contributed by atoms with Gasteiger partial charge in [-0.2, -0.15) is 0 Å². The molecule has 1 aliphatic rings. The van der Waals surface area contributed by atoms with Gasteiger partial charge in [0.25, 0.3) is 0 Å². The lowest BCUT2D eigenvalue weighted by molar-refractivity contribution is 0.286. The normalized spacial score (nSPS) is 20.7. The van der Waals surface area contributed by atoms with Crippen LogP contribution in [-0.2, 0) is 6.54 Å². The second kappa shape index (κ2) is 4.57. The molecular weight excluding hydrogens is 230 g/mol. The molecule has 5 heteroatoms. The molecule has 1 saturated heterocycles. The van der Waals surface area contributed by atoms with E-state index in [9.17, 15) is 0 Å². The van der Waals surface area contributed by atoms with Gasteiger partial charge < -0.3 is 8.83 Å². The summed E-state index contributed by atoms with van der Waals surface area (Å²) in [6.07, 6.45) is 1.07. The molecule has 3 rings (SSSR count). The van der Waals surface area contributed by atoms with E-state index in [1.807, 2.05) is 26.0 Å². The van der Waals surface area contributed by atoms with Gasteiger partial charge in [-0.25, -0.2) is 0 Å². The number of aryl methyl sites for hydroxylation is 2. The molecule has 2 aromatic heterocycles. The zero-order valence-corrected chi connectivity index (χ0v) is 10.7. The molecule has 2 aromatic rings. The van der Waals surface area contributed by atoms with Crippen LogP contribution in [0.5, 0.6) is 0 Å². The van der Waals surface area contributed by atoms with Gasteiger partial charge in [0.15, 0.2) is 0 Å². The first-order valence-electron chi connectivity index (χ1n) is 6.28. The van der Waals surface area contributed by atoms with Gasteiger partial charge in [-0.1, -0.05) is 0 Å². The largest absolute Gasteiger partial charge is 0.465 e. The fraction of sp³-hybridized carbons (Fsp3) is 0.538. The van der Waals surface area contributed by atoms with Gasteiger partial charge in [-0.3, -0.25) is 4.90 Å². The summed E-state index contributed by atoms with van der Waals surface area (Å²) >= 11 is 0. The molecular formula is C13H17N3O2. The average molecular weight is 247 g/mol. The van der Waals surface area contributed by atoms with Gasteiger partial charge in [0.2, 0.25) is 11.8 Å². The molecule has 18 heavy (non-hydrogen) atoms. The predicted molar refractivity (Wildman–Crippen MR) is 65.1 cm³/mol. The number of rotatable bonds is 3. The van der Waals surface area contributed by atoms with E-state index in [4.69, 9.17) is 8.83 Å². The summed E-state index contributed by atoms with van der Waals surface area (Å²) in [6.45, 7) is 6.66. The zero-order chi connectivity index (χ0) is 12.5. The number of hydrogen-bond donors (Lipinski definition) is 0. The lowest BCUT2D eigenvalue weighted by Gasteiger charge is -2.12. The molecule has 5 nitrogen and oxygen atoms in total. The minimum absolute atomic E-state index is 0.363. The predicted octanol–water partition coefficient (Wildman–Crippen LogP) is 2.27. The van der Waals surface area contributed by atoms with Crippen LogP contribution >= 0.6 is 0 Å². The Morgan fingerprint density at radius 2 is 2.17 bits per heavy atom. The second-order valence-corrected chi connectivity index (χ2v) is 4.89. The summed E-state index contributed by atoms with van der Waals surface area (Å²) in [5.74, 6) is 3.76. The van der Waals surface area contributed by atoms with E-state index in [1.165, 1.54) is 0 Å². The Morgan fingerprint density at radius 1 is 1.28 bits per heavy atom.